The zero-order valence-corrected chi connectivity index (χ0v) is 11.3. The minimum Gasteiger partial charge on any atom is -0.314 e. The van der Waals surface area contributed by atoms with Crippen LogP contribution in [0.5, 0.6) is 0 Å². The molecule has 0 radical (unpaired) electrons. The van der Waals surface area contributed by atoms with E-state index in [-0.39, 0.29) is 11.3 Å². The number of nitriles is 1. The van der Waals surface area contributed by atoms with Crippen molar-refractivity contribution in [2.45, 2.75) is 39.2 Å². The van der Waals surface area contributed by atoms with Crippen LogP contribution in [-0.2, 0) is 6.42 Å². The highest BCUT2D eigenvalue weighted by Gasteiger charge is 2.15. The fourth-order valence-electron chi connectivity index (χ4n) is 2.16. The molecule has 0 fully saturated rings. The summed E-state index contributed by atoms with van der Waals surface area (Å²) in [6.45, 7) is 5.07. The molecular weight excluding hydrogens is 242 g/mol. The van der Waals surface area contributed by atoms with E-state index in [4.69, 9.17) is 5.26 Å². The SMILES string of the molecule is CCCC(Cc1ccc([N+](=O)[O-])c(C#N)c1)NCC. The molecule has 5 nitrogen and oxygen atoms in total. The molecule has 1 rings (SSSR count). The van der Waals surface area contributed by atoms with E-state index in [0.717, 1.165) is 31.4 Å². The standard InChI is InChI=1S/C14H19N3O2/c1-3-5-13(16-4-2)9-11-6-7-14(17(18)19)12(8-11)10-15/h6-8,13,16H,3-5,9H2,1-2H3. The number of hydrogen-bond acceptors (Lipinski definition) is 4. The maximum atomic E-state index is 10.8. The molecule has 19 heavy (non-hydrogen) atoms. The van der Waals surface area contributed by atoms with E-state index in [0.29, 0.717) is 6.04 Å². The zero-order valence-electron chi connectivity index (χ0n) is 11.3. The van der Waals surface area contributed by atoms with Crippen LogP contribution in [0.4, 0.5) is 5.69 Å². The minimum absolute atomic E-state index is 0.123. The molecular formula is C14H19N3O2. The molecule has 1 N–H and O–H groups in total. The van der Waals surface area contributed by atoms with Crippen molar-refractivity contribution >= 4 is 5.69 Å². The Morgan fingerprint density at radius 3 is 2.74 bits per heavy atom. The molecule has 0 aliphatic heterocycles. The molecule has 0 aromatic heterocycles. The number of nitrogens with zero attached hydrogens (tertiary/aromatic N) is 2. The normalized spacial score (nSPS) is 11.8. The number of likely N-dealkylation sites (N-methyl/N-ethyl adjacent to an activating group) is 1. The van der Waals surface area contributed by atoms with Crippen LogP contribution in [0.25, 0.3) is 0 Å². The number of nitrogens with one attached hydrogen (secondary N) is 1. The molecule has 1 atom stereocenters. The van der Waals surface area contributed by atoms with E-state index < -0.39 is 4.92 Å². The van der Waals surface area contributed by atoms with Gasteiger partial charge in [-0.05, 0) is 31.0 Å². The van der Waals surface area contributed by atoms with Crippen LogP contribution in [0.15, 0.2) is 18.2 Å². The second kappa shape index (κ2) is 7.49. The van der Waals surface area contributed by atoms with Gasteiger partial charge >= 0.3 is 0 Å². The maximum absolute atomic E-state index is 10.8. The molecule has 0 saturated carbocycles. The molecule has 0 saturated heterocycles. The lowest BCUT2D eigenvalue weighted by molar-refractivity contribution is -0.385. The molecule has 1 unspecified atom stereocenters. The average molecular weight is 261 g/mol. The fraction of sp³-hybridized carbons (Fsp3) is 0.500. The third kappa shape index (κ3) is 4.34. The predicted octanol–water partition coefficient (Wildman–Crippen LogP) is 2.79. The van der Waals surface area contributed by atoms with Gasteiger partial charge < -0.3 is 5.32 Å². The Balaban J connectivity index is 2.90. The van der Waals surface area contributed by atoms with Gasteiger partial charge in [0.15, 0.2) is 0 Å². The van der Waals surface area contributed by atoms with Crippen molar-refractivity contribution in [2.24, 2.45) is 0 Å². The quantitative estimate of drug-likeness (QED) is 0.604. The summed E-state index contributed by atoms with van der Waals surface area (Å²) >= 11 is 0. The van der Waals surface area contributed by atoms with Gasteiger partial charge in [0.1, 0.15) is 11.6 Å². The summed E-state index contributed by atoms with van der Waals surface area (Å²) in [5, 5.41) is 23.1. The molecule has 0 aliphatic carbocycles. The molecule has 0 aliphatic rings. The second-order valence-corrected chi connectivity index (χ2v) is 4.47. The van der Waals surface area contributed by atoms with Crippen molar-refractivity contribution in [3.8, 4) is 6.07 Å². The highest BCUT2D eigenvalue weighted by molar-refractivity contribution is 5.50. The summed E-state index contributed by atoms with van der Waals surface area (Å²) in [5.41, 5.74) is 0.970. The molecule has 1 aromatic rings. The number of rotatable bonds is 7. The van der Waals surface area contributed by atoms with Gasteiger partial charge in [0, 0.05) is 12.1 Å². The van der Waals surface area contributed by atoms with E-state index in [2.05, 4.69) is 19.2 Å². The van der Waals surface area contributed by atoms with Gasteiger partial charge in [-0.1, -0.05) is 26.3 Å². The van der Waals surface area contributed by atoms with Crippen LogP contribution in [0, 0.1) is 21.4 Å². The van der Waals surface area contributed by atoms with Gasteiger partial charge in [0.25, 0.3) is 5.69 Å². The lowest BCUT2D eigenvalue weighted by Gasteiger charge is -2.17. The van der Waals surface area contributed by atoms with Crippen LogP contribution in [0.1, 0.15) is 37.8 Å². The molecule has 0 spiro atoms. The molecule has 1 aromatic carbocycles. The summed E-state index contributed by atoms with van der Waals surface area (Å²) in [7, 11) is 0. The summed E-state index contributed by atoms with van der Waals surface area (Å²) in [5.74, 6) is 0. The summed E-state index contributed by atoms with van der Waals surface area (Å²) < 4.78 is 0. The molecule has 0 amide bonds. The monoisotopic (exact) mass is 261 g/mol. The lowest BCUT2D eigenvalue weighted by Crippen LogP contribution is -2.30. The van der Waals surface area contributed by atoms with Crippen molar-refractivity contribution in [1.82, 2.24) is 5.32 Å². The van der Waals surface area contributed by atoms with Gasteiger partial charge in [-0.3, -0.25) is 10.1 Å². The third-order valence-corrected chi connectivity index (χ3v) is 2.99. The van der Waals surface area contributed by atoms with Gasteiger partial charge in [-0.2, -0.15) is 5.26 Å². The van der Waals surface area contributed by atoms with Gasteiger partial charge in [0.05, 0.1) is 4.92 Å². The van der Waals surface area contributed by atoms with Crippen LogP contribution >= 0.6 is 0 Å². The summed E-state index contributed by atoms with van der Waals surface area (Å²) in [6.07, 6.45) is 2.91. The number of nitro groups is 1. The number of benzene rings is 1. The van der Waals surface area contributed by atoms with Crippen LogP contribution in [0.3, 0.4) is 0 Å². The molecule has 102 valence electrons. The first-order valence-corrected chi connectivity index (χ1v) is 6.53. The first kappa shape index (κ1) is 15.1. The Labute approximate surface area is 113 Å². The number of hydrogen-bond donors (Lipinski definition) is 1. The average Bonchev–Trinajstić information content (AvgIpc) is 2.38. The van der Waals surface area contributed by atoms with E-state index >= 15 is 0 Å². The Bertz CT molecular complexity index is 474. The first-order valence-electron chi connectivity index (χ1n) is 6.53. The Morgan fingerprint density at radius 1 is 1.47 bits per heavy atom. The Morgan fingerprint density at radius 2 is 2.21 bits per heavy atom. The molecule has 5 heteroatoms. The van der Waals surface area contributed by atoms with E-state index in [9.17, 15) is 10.1 Å². The van der Waals surface area contributed by atoms with Crippen LogP contribution in [0.2, 0.25) is 0 Å². The van der Waals surface area contributed by atoms with Crippen LogP contribution in [-0.4, -0.2) is 17.5 Å². The Hall–Kier alpha value is -1.93. The minimum atomic E-state index is -0.518. The van der Waals surface area contributed by atoms with E-state index in [1.165, 1.54) is 6.07 Å². The van der Waals surface area contributed by atoms with Crippen molar-refractivity contribution < 1.29 is 4.92 Å². The fourth-order valence-corrected chi connectivity index (χ4v) is 2.16. The topological polar surface area (TPSA) is 79.0 Å². The van der Waals surface area contributed by atoms with Gasteiger partial charge in [0.2, 0.25) is 0 Å². The first-order chi connectivity index (χ1) is 9.12. The Kier molecular flexibility index (Phi) is 5.97. The van der Waals surface area contributed by atoms with Crippen molar-refractivity contribution in [3.63, 3.8) is 0 Å². The largest absolute Gasteiger partial charge is 0.314 e. The summed E-state index contributed by atoms with van der Waals surface area (Å²) in [6, 6.07) is 7.02. The lowest BCUT2D eigenvalue weighted by atomic mass is 10.00. The second-order valence-electron chi connectivity index (χ2n) is 4.47. The van der Waals surface area contributed by atoms with Crippen molar-refractivity contribution in [3.05, 3.63) is 39.4 Å². The summed E-state index contributed by atoms with van der Waals surface area (Å²) in [4.78, 5) is 10.2. The highest BCUT2D eigenvalue weighted by Crippen LogP contribution is 2.20. The highest BCUT2D eigenvalue weighted by atomic mass is 16.6. The van der Waals surface area contributed by atoms with Crippen molar-refractivity contribution in [2.75, 3.05) is 6.54 Å². The van der Waals surface area contributed by atoms with E-state index in [1.54, 1.807) is 12.1 Å². The zero-order chi connectivity index (χ0) is 14.3. The maximum Gasteiger partial charge on any atom is 0.287 e. The molecule has 0 bridgehead atoms. The van der Waals surface area contributed by atoms with Gasteiger partial charge in [-0.15, -0.1) is 0 Å². The van der Waals surface area contributed by atoms with Crippen LogP contribution < -0.4 is 5.32 Å². The van der Waals surface area contributed by atoms with Crippen molar-refractivity contribution in [1.29, 1.82) is 5.26 Å². The predicted molar refractivity (Wildman–Crippen MR) is 73.9 cm³/mol. The molecule has 0 heterocycles. The number of nitro benzene ring substituents is 1. The van der Waals surface area contributed by atoms with Gasteiger partial charge in [-0.25, -0.2) is 0 Å². The smallest absolute Gasteiger partial charge is 0.287 e. The van der Waals surface area contributed by atoms with E-state index in [1.807, 2.05) is 6.07 Å². The third-order valence-electron chi connectivity index (χ3n) is 2.99.